The summed E-state index contributed by atoms with van der Waals surface area (Å²) in [4.78, 5) is 11.1. The first-order valence-electron chi connectivity index (χ1n) is 7.75. The van der Waals surface area contributed by atoms with Crippen molar-refractivity contribution in [2.75, 3.05) is 7.11 Å². The maximum absolute atomic E-state index is 11.1. The van der Waals surface area contributed by atoms with Crippen LogP contribution < -0.4 is 9.84 Å². The molecule has 26 heavy (non-hydrogen) atoms. The zero-order chi connectivity index (χ0) is 18.5. The molecule has 2 aromatic carbocycles. The number of methoxy groups -OCH3 is 1. The van der Waals surface area contributed by atoms with Crippen molar-refractivity contribution >= 4 is 12.0 Å². The average Bonchev–Trinajstić information content (AvgIpc) is 3.10. The zero-order valence-corrected chi connectivity index (χ0v) is 13.9. The Balaban J connectivity index is 2.15. The van der Waals surface area contributed by atoms with Crippen LogP contribution in [0.25, 0.3) is 23.0 Å². The predicted molar refractivity (Wildman–Crippen MR) is 94.1 cm³/mol. The zero-order valence-electron chi connectivity index (χ0n) is 13.9. The molecule has 1 heterocycles. The Hall–Kier alpha value is -3.85. The molecular formula is C20H14N3O3-. The molecule has 0 fully saturated rings. The molecule has 0 saturated heterocycles. The molecule has 0 aliphatic heterocycles. The number of hydrogen-bond acceptors (Lipinski definition) is 5. The Morgan fingerprint density at radius 3 is 2.46 bits per heavy atom. The summed E-state index contributed by atoms with van der Waals surface area (Å²) in [5, 5.41) is 24.7. The van der Waals surface area contributed by atoms with Crippen molar-refractivity contribution in [1.29, 1.82) is 5.26 Å². The molecule has 0 aliphatic rings. The van der Waals surface area contributed by atoms with Crippen molar-refractivity contribution in [2.24, 2.45) is 0 Å². The first kappa shape index (κ1) is 17.0. The molecule has 0 saturated carbocycles. The third-order valence-electron chi connectivity index (χ3n) is 3.77. The van der Waals surface area contributed by atoms with Gasteiger partial charge in [-0.25, -0.2) is 4.68 Å². The van der Waals surface area contributed by atoms with Gasteiger partial charge in [-0.1, -0.05) is 18.2 Å². The summed E-state index contributed by atoms with van der Waals surface area (Å²) in [6, 6.07) is 18.2. The number of nitriles is 1. The van der Waals surface area contributed by atoms with Gasteiger partial charge in [0.15, 0.2) is 0 Å². The van der Waals surface area contributed by atoms with Crippen molar-refractivity contribution < 1.29 is 14.6 Å². The first-order chi connectivity index (χ1) is 12.6. The number of ether oxygens (including phenoxy) is 1. The normalized spacial score (nSPS) is 11.0. The smallest absolute Gasteiger partial charge is 0.118 e. The number of nitrogens with zero attached hydrogens (tertiary/aromatic N) is 3. The van der Waals surface area contributed by atoms with Crippen LogP contribution in [-0.4, -0.2) is 22.9 Å². The quantitative estimate of drug-likeness (QED) is 0.523. The Bertz CT molecular complexity index is 997. The number of para-hydroxylation sites is 1. The number of rotatable bonds is 5. The Morgan fingerprint density at radius 1 is 1.19 bits per heavy atom. The van der Waals surface area contributed by atoms with Gasteiger partial charge in [-0.15, -0.1) is 0 Å². The summed E-state index contributed by atoms with van der Waals surface area (Å²) in [6.07, 6.45) is 2.94. The van der Waals surface area contributed by atoms with E-state index in [0.29, 0.717) is 17.0 Å². The Labute approximate surface area is 150 Å². The highest BCUT2D eigenvalue weighted by molar-refractivity contribution is 5.96. The average molecular weight is 344 g/mol. The predicted octanol–water partition coefficient (Wildman–Crippen LogP) is 2.20. The van der Waals surface area contributed by atoms with E-state index >= 15 is 0 Å². The Morgan fingerprint density at radius 2 is 1.88 bits per heavy atom. The second-order valence-electron chi connectivity index (χ2n) is 5.40. The number of hydrogen-bond donors (Lipinski definition) is 0. The molecule has 0 N–H and O–H groups in total. The van der Waals surface area contributed by atoms with Crippen LogP contribution in [0.2, 0.25) is 0 Å². The largest absolute Gasteiger partial charge is 0.544 e. The van der Waals surface area contributed by atoms with E-state index in [1.807, 2.05) is 42.5 Å². The van der Waals surface area contributed by atoms with Crippen LogP contribution in [-0.2, 0) is 4.79 Å². The van der Waals surface area contributed by atoms with E-state index in [0.717, 1.165) is 11.3 Å². The first-order valence-corrected chi connectivity index (χ1v) is 7.75. The molecule has 1 aromatic heterocycles. The molecule has 0 radical (unpaired) electrons. The molecule has 3 aromatic rings. The highest BCUT2D eigenvalue weighted by atomic mass is 16.5. The number of aromatic nitrogens is 2. The number of aliphatic carboxylic acids is 1. The number of carbonyl (C=O) groups excluding carboxylic acids is 1. The summed E-state index contributed by atoms with van der Waals surface area (Å²) < 4.78 is 6.79. The molecule has 0 spiro atoms. The fraction of sp³-hybridized carbons (Fsp3) is 0.0500. The lowest BCUT2D eigenvalue weighted by molar-refractivity contribution is -0.298. The minimum absolute atomic E-state index is 0.465. The van der Waals surface area contributed by atoms with Gasteiger partial charge in [-0.3, -0.25) is 0 Å². The molecule has 6 nitrogen and oxygen atoms in total. The van der Waals surface area contributed by atoms with Gasteiger partial charge >= 0.3 is 0 Å². The van der Waals surface area contributed by atoms with Gasteiger partial charge in [0.2, 0.25) is 0 Å². The number of carboxylic acid groups (broad SMARTS) is 1. The maximum atomic E-state index is 11.1. The summed E-state index contributed by atoms with van der Waals surface area (Å²) in [6.45, 7) is 0. The van der Waals surface area contributed by atoms with Crippen molar-refractivity contribution in [3.05, 3.63) is 71.9 Å². The van der Waals surface area contributed by atoms with Gasteiger partial charge in [0.05, 0.1) is 30.0 Å². The molecule has 0 atom stereocenters. The molecule has 0 unspecified atom stereocenters. The van der Waals surface area contributed by atoms with Gasteiger partial charge in [0.1, 0.15) is 11.8 Å². The molecule has 0 bridgehead atoms. The van der Waals surface area contributed by atoms with Crippen LogP contribution in [0.15, 0.2) is 66.4 Å². The highest BCUT2D eigenvalue weighted by Gasteiger charge is 2.12. The van der Waals surface area contributed by atoms with E-state index in [4.69, 9.17) is 10.00 Å². The van der Waals surface area contributed by atoms with Crippen LogP contribution in [0.5, 0.6) is 5.75 Å². The van der Waals surface area contributed by atoms with Crippen molar-refractivity contribution in [1.82, 2.24) is 9.78 Å². The van der Waals surface area contributed by atoms with Crippen LogP contribution in [0.3, 0.4) is 0 Å². The monoisotopic (exact) mass is 344 g/mol. The maximum Gasteiger partial charge on any atom is 0.118 e. The van der Waals surface area contributed by atoms with E-state index in [9.17, 15) is 9.90 Å². The topological polar surface area (TPSA) is 91.0 Å². The lowest BCUT2D eigenvalue weighted by Gasteiger charge is -2.03. The molecule has 0 aliphatic carbocycles. The lowest BCUT2D eigenvalue weighted by Crippen LogP contribution is -2.23. The third kappa shape index (κ3) is 3.47. The van der Waals surface area contributed by atoms with Crippen LogP contribution in [0.1, 0.15) is 5.56 Å². The number of carboxylic acids is 1. The second-order valence-corrected chi connectivity index (χ2v) is 5.40. The highest BCUT2D eigenvalue weighted by Crippen LogP contribution is 2.27. The minimum Gasteiger partial charge on any atom is -0.544 e. The van der Waals surface area contributed by atoms with Crippen molar-refractivity contribution in [3.63, 3.8) is 0 Å². The van der Waals surface area contributed by atoms with Crippen LogP contribution in [0, 0.1) is 11.3 Å². The van der Waals surface area contributed by atoms with E-state index in [1.54, 1.807) is 36.2 Å². The second kappa shape index (κ2) is 7.36. The minimum atomic E-state index is -1.53. The van der Waals surface area contributed by atoms with Gasteiger partial charge in [0, 0.05) is 17.3 Å². The molecular weight excluding hydrogens is 330 g/mol. The standard InChI is InChI=1S/C20H15N3O3/c1-26-18-9-7-14(8-10-18)19-16(11-15(12-21)20(24)25)13-23(22-19)17-5-3-2-4-6-17/h2-11,13H,1H3,(H,24,25)/p-1/b15-11+. The summed E-state index contributed by atoms with van der Waals surface area (Å²) in [7, 11) is 1.58. The van der Waals surface area contributed by atoms with E-state index in [2.05, 4.69) is 5.10 Å². The van der Waals surface area contributed by atoms with Gasteiger partial charge in [-0.2, -0.15) is 10.4 Å². The van der Waals surface area contributed by atoms with Crippen LogP contribution in [0.4, 0.5) is 0 Å². The Kier molecular flexibility index (Phi) is 4.81. The van der Waals surface area contributed by atoms with E-state index in [-0.39, 0.29) is 0 Å². The molecule has 3 rings (SSSR count). The van der Waals surface area contributed by atoms with Crippen molar-refractivity contribution in [3.8, 4) is 28.8 Å². The number of benzene rings is 2. The molecule has 128 valence electrons. The fourth-order valence-electron chi connectivity index (χ4n) is 2.47. The van der Waals surface area contributed by atoms with E-state index in [1.165, 1.54) is 6.08 Å². The third-order valence-corrected chi connectivity index (χ3v) is 3.77. The summed E-state index contributed by atoms with van der Waals surface area (Å²) in [5.74, 6) is -0.832. The SMILES string of the molecule is COc1ccc(-c2nn(-c3ccccc3)cc2/C=C(\C#N)C(=O)[O-])cc1. The number of carbonyl (C=O) groups is 1. The summed E-state index contributed by atoms with van der Waals surface area (Å²) >= 11 is 0. The fourth-order valence-corrected chi connectivity index (χ4v) is 2.47. The van der Waals surface area contributed by atoms with Gasteiger partial charge < -0.3 is 14.6 Å². The molecule has 0 amide bonds. The van der Waals surface area contributed by atoms with E-state index < -0.39 is 11.5 Å². The van der Waals surface area contributed by atoms with Gasteiger partial charge in [-0.05, 0) is 42.5 Å². The van der Waals surface area contributed by atoms with Crippen molar-refractivity contribution in [2.45, 2.75) is 0 Å². The summed E-state index contributed by atoms with van der Waals surface area (Å²) in [5.41, 5.74) is 2.16. The molecule has 6 heteroatoms. The van der Waals surface area contributed by atoms with Crippen LogP contribution >= 0.6 is 0 Å². The lowest BCUT2D eigenvalue weighted by atomic mass is 10.1. The van der Waals surface area contributed by atoms with Gasteiger partial charge in [0.25, 0.3) is 0 Å².